The minimum Gasteiger partial charge on any atom is -0.538 e. The van der Waals surface area contributed by atoms with E-state index in [-0.39, 0.29) is 5.82 Å². The summed E-state index contributed by atoms with van der Waals surface area (Å²) in [5.74, 6) is -1.13. The van der Waals surface area contributed by atoms with Crippen molar-refractivity contribution in [3.63, 3.8) is 0 Å². The van der Waals surface area contributed by atoms with Crippen molar-refractivity contribution < 1.29 is 14.5 Å². The van der Waals surface area contributed by atoms with Crippen LogP contribution in [-0.2, 0) is 0 Å². The van der Waals surface area contributed by atoms with E-state index in [0.717, 1.165) is 22.4 Å². The summed E-state index contributed by atoms with van der Waals surface area (Å²) < 4.78 is 3.44. The summed E-state index contributed by atoms with van der Waals surface area (Å²) in [5.41, 5.74) is 3.18. The van der Waals surface area contributed by atoms with Crippen LogP contribution in [0.4, 0.5) is 0 Å². The van der Waals surface area contributed by atoms with Crippen LogP contribution in [0.5, 0.6) is 0 Å². The molecule has 116 valence electrons. The van der Waals surface area contributed by atoms with Crippen molar-refractivity contribution >= 4 is 17.0 Å². The summed E-state index contributed by atoms with van der Waals surface area (Å²) in [7, 11) is 0. The van der Waals surface area contributed by atoms with Crippen LogP contribution < -0.4 is 9.67 Å². The zero-order valence-corrected chi connectivity index (χ0v) is 12.8. The number of benzene rings is 3. The lowest BCUT2D eigenvalue weighted by Crippen LogP contribution is -2.43. The lowest BCUT2D eigenvalue weighted by molar-refractivity contribution is -0.574. The van der Waals surface area contributed by atoms with Gasteiger partial charge in [-0.2, -0.15) is 9.13 Å². The number of carbonyl (C=O) groups is 1. The van der Waals surface area contributed by atoms with Crippen LogP contribution >= 0.6 is 0 Å². The Balaban J connectivity index is 2.17. The molecule has 0 aliphatic carbocycles. The van der Waals surface area contributed by atoms with Gasteiger partial charge in [-0.25, -0.2) is 0 Å². The van der Waals surface area contributed by atoms with E-state index in [1.807, 2.05) is 84.9 Å². The lowest BCUT2D eigenvalue weighted by atomic mass is 10.2. The van der Waals surface area contributed by atoms with Crippen molar-refractivity contribution in [2.45, 2.75) is 0 Å². The molecule has 4 nitrogen and oxygen atoms in total. The number of fused-ring (bicyclic) bond motifs is 1. The number of hydrogen-bond acceptors (Lipinski definition) is 2. The maximum Gasteiger partial charge on any atom is 0.316 e. The molecule has 1 aromatic heterocycles. The van der Waals surface area contributed by atoms with Gasteiger partial charge in [-0.05, 0) is 36.4 Å². The van der Waals surface area contributed by atoms with Crippen LogP contribution in [0.1, 0.15) is 10.6 Å². The number of aromatic nitrogens is 2. The summed E-state index contributed by atoms with van der Waals surface area (Å²) >= 11 is 0. The summed E-state index contributed by atoms with van der Waals surface area (Å²) in [6, 6.07) is 26.5. The maximum atomic E-state index is 12.0. The van der Waals surface area contributed by atoms with Crippen LogP contribution in [0, 0.1) is 0 Å². The molecule has 0 bridgehead atoms. The summed E-state index contributed by atoms with van der Waals surface area (Å²) in [5, 5.41) is 12.0. The first kappa shape index (κ1) is 14.2. The van der Waals surface area contributed by atoms with E-state index in [1.54, 1.807) is 9.13 Å². The number of nitrogens with zero attached hydrogens (tertiary/aromatic N) is 2. The first-order valence-corrected chi connectivity index (χ1v) is 7.65. The van der Waals surface area contributed by atoms with E-state index in [2.05, 4.69) is 0 Å². The van der Waals surface area contributed by atoms with Gasteiger partial charge in [-0.15, -0.1) is 0 Å². The number of carboxylic acid groups (broad SMARTS) is 1. The van der Waals surface area contributed by atoms with Crippen LogP contribution in [-0.4, -0.2) is 10.5 Å². The van der Waals surface area contributed by atoms with Crippen molar-refractivity contribution in [1.29, 1.82) is 0 Å². The van der Waals surface area contributed by atoms with E-state index in [4.69, 9.17) is 0 Å². The van der Waals surface area contributed by atoms with Gasteiger partial charge in [0.2, 0.25) is 0 Å². The van der Waals surface area contributed by atoms with Crippen LogP contribution in [0.25, 0.3) is 22.4 Å². The average Bonchev–Trinajstić information content (AvgIpc) is 2.98. The number of aromatic carboxylic acids is 1. The summed E-state index contributed by atoms with van der Waals surface area (Å²) in [6.45, 7) is 0. The molecule has 0 saturated carbocycles. The molecule has 3 aromatic carbocycles. The zero-order chi connectivity index (χ0) is 16.5. The Hall–Kier alpha value is -3.40. The molecule has 0 saturated heterocycles. The molecule has 0 aliphatic rings. The molecule has 24 heavy (non-hydrogen) atoms. The minimum atomic E-state index is -1.22. The summed E-state index contributed by atoms with van der Waals surface area (Å²) in [4.78, 5) is 12.0. The van der Waals surface area contributed by atoms with Gasteiger partial charge in [0.1, 0.15) is 11.4 Å². The minimum absolute atomic E-state index is 0.0913. The number of para-hydroxylation sites is 4. The number of imidazole rings is 1. The second-order valence-electron chi connectivity index (χ2n) is 5.44. The quantitative estimate of drug-likeness (QED) is 0.545. The lowest BCUT2D eigenvalue weighted by Gasteiger charge is -2.05. The highest BCUT2D eigenvalue weighted by Gasteiger charge is 2.28. The topological polar surface area (TPSA) is 48.9 Å². The third-order valence-corrected chi connectivity index (χ3v) is 4.00. The van der Waals surface area contributed by atoms with E-state index >= 15 is 0 Å². The molecule has 0 spiro atoms. The van der Waals surface area contributed by atoms with Crippen molar-refractivity contribution in [3.8, 4) is 11.4 Å². The molecular formula is C20H14N2O2. The fourth-order valence-corrected chi connectivity index (χ4v) is 3.03. The molecular weight excluding hydrogens is 300 g/mol. The van der Waals surface area contributed by atoms with Crippen molar-refractivity contribution in [1.82, 2.24) is 4.57 Å². The van der Waals surface area contributed by atoms with Crippen LogP contribution in [0.2, 0.25) is 0 Å². The Labute approximate surface area is 138 Å². The monoisotopic (exact) mass is 314 g/mol. The van der Waals surface area contributed by atoms with Gasteiger partial charge in [0.05, 0.1) is 0 Å². The number of carbonyl (C=O) groups excluding carboxylic acids is 1. The van der Waals surface area contributed by atoms with Crippen LogP contribution in [0.3, 0.4) is 0 Å². The fraction of sp³-hybridized carbons (Fsp3) is 0. The normalized spacial score (nSPS) is 10.8. The standard InChI is InChI=1S/C20H14N2O2/c23-20(24)19-21(15-9-3-1-4-10-15)17-13-7-8-14-18(17)22(19)16-11-5-2-6-12-16/h1-14H. The molecule has 0 unspecified atom stereocenters. The highest BCUT2D eigenvalue weighted by Crippen LogP contribution is 2.21. The molecule has 0 amide bonds. The Morgan fingerprint density at radius 3 is 2.04 bits per heavy atom. The molecule has 4 rings (SSSR count). The molecule has 4 heteroatoms. The smallest absolute Gasteiger partial charge is 0.316 e. The Morgan fingerprint density at radius 2 is 1.38 bits per heavy atom. The van der Waals surface area contributed by atoms with E-state index in [0.29, 0.717) is 0 Å². The van der Waals surface area contributed by atoms with E-state index < -0.39 is 5.97 Å². The predicted molar refractivity (Wildman–Crippen MR) is 89.1 cm³/mol. The second-order valence-corrected chi connectivity index (χ2v) is 5.44. The zero-order valence-electron chi connectivity index (χ0n) is 12.8. The fourth-order valence-electron chi connectivity index (χ4n) is 3.03. The Morgan fingerprint density at radius 1 is 0.792 bits per heavy atom. The van der Waals surface area contributed by atoms with Crippen molar-refractivity contribution in [2.24, 2.45) is 0 Å². The van der Waals surface area contributed by atoms with Crippen molar-refractivity contribution in [2.75, 3.05) is 0 Å². The molecule has 0 fully saturated rings. The average molecular weight is 314 g/mol. The third kappa shape index (κ3) is 2.16. The van der Waals surface area contributed by atoms with Gasteiger partial charge in [-0.3, -0.25) is 0 Å². The van der Waals surface area contributed by atoms with Gasteiger partial charge >= 0.3 is 5.82 Å². The Kier molecular flexibility index (Phi) is 3.35. The summed E-state index contributed by atoms with van der Waals surface area (Å²) in [6.07, 6.45) is 0. The molecule has 0 N–H and O–H groups in total. The highest BCUT2D eigenvalue weighted by atomic mass is 16.4. The third-order valence-electron chi connectivity index (χ3n) is 4.00. The van der Waals surface area contributed by atoms with Gasteiger partial charge in [0.15, 0.2) is 17.0 Å². The predicted octanol–water partition coefficient (Wildman–Crippen LogP) is 2.27. The second kappa shape index (κ2) is 5.66. The largest absolute Gasteiger partial charge is 0.538 e. The first-order valence-electron chi connectivity index (χ1n) is 7.65. The Bertz CT molecular complexity index is 945. The maximum absolute atomic E-state index is 12.0. The number of hydrogen-bond donors (Lipinski definition) is 0. The first-order chi connectivity index (χ1) is 11.8. The van der Waals surface area contributed by atoms with Gasteiger partial charge in [0.25, 0.3) is 0 Å². The van der Waals surface area contributed by atoms with Crippen molar-refractivity contribution in [3.05, 3.63) is 90.8 Å². The molecule has 0 atom stereocenters. The van der Waals surface area contributed by atoms with E-state index in [1.165, 1.54) is 0 Å². The van der Waals surface area contributed by atoms with Gasteiger partial charge < -0.3 is 9.90 Å². The molecule has 1 heterocycles. The van der Waals surface area contributed by atoms with Crippen LogP contribution in [0.15, 0.2) is 84.9 Å². The van der Waals surface area contributed by atoms with E-state index in [9.17, 15) is 9.90 Å². The molecule has 0 aliphatic heterocycles. The SMILES string of the molecule is O=C([O-])c1n(-c2ccccc2)c2ccccc2[n+]1-c1ccccc1. The molecule has 4 aromatic rings. The molecule has 0 radical (unpaired) electrons. The van der Waals surface area contributed by atoms with Gasteiger partial charge in [-0.1, -0.05) is 48.5 Å². The van der Waals surface area contributed by atoms with Gasteiger partial charge in [0, 0.05) is 0 Å². The highest BCUT2D eigenvalue weighted by molar-refractivity contribution is 5.87. The number of carboxylic acids is 1. The number of rotatable bonds is 3.